The third kappa shape index (κ3) is 5.17. The number of amides is 1. The van der Waals surface area contributed by atoms with Crippen LogP contribution in [0.4, 0.5) is 17.3 Å². The first-order valence-corrected chi connectivity index (χ1v) is 10.1. The Labute approximate surface area is 197 Å². The van der Waals surface area contributed by atoms with Crippen molar-refractivity contribution < 1.29 is 23.7 Å². The molecule has 34 heavy (non-hydrogen) atoms. The molecule has 0 fully saturated rings. The molecule has 0 bridgehead atoms. The topological polar surface area (TPSA) is 140 Å². The molecule has 2 aromatic rings. The SMILES string of the molecule is C=NC(=NC(=NC)Nc1ccc2c(n1)NC(=O)C(C)(C)O2)Nc1cc(OC)c(OC)c(OC)c1. The van der Waals surface area contributed by atoms with Gasteiger partial charge in [0.15, 0.2) is 28.7 Å². The minimum absolute atomic E-state index is 0.152. The molecule has 0 atom stereocenters. The Bertz CT molecular complexity index is 1140. The highest BCUT2D eigenvalue weighted by Gasteiger charge is 2.36. The van der Waals surface area contributed by atoms with Crippen LogP contribution in [0.3, 0.4) is 0 Å². The largest absolute Gasteiger partial charge is 0.493 e. The van der Waals surface area contributed by atoms with E-state index in [0.717, 1.165) is 0 Å². The van der Waals surface area contributed by atoms with E-state index in [2.05, 4.69) is 42.6 Å². The molecule has 1 aliphatic heterocycles. The summed E-state index contributed by atoms with van der Waals surface area (Å²) < 4.78 is 21.8. The highest BCUT2D eigenvalue weighted by atomic mass is 16.5. The van der Waals surface area contributed by atoms with Gasteiger partial charge in [-0.3, -0.25) is 9.79 Å². The number of nitrogens with one attached hydrogen (secondary N) is 3. The molecule has 0 saturated carbocycles. The molecule has 0 spiro atoms. The Morgan fingerprint density at radius 1 is 1.09 bits per heavy atom. The van der Waals surface area contributed by atoms with Gasteiger partial charge in [0.2, 0.25) is 17.7 Å². The Balaban J connectivity index is 1.82. The van der Waals surface area contributed by atoms with Crippen molar-refractivity contribution >= 4 is 41.9 Å². The van der Waals surface area contributed by atoms with Crippen LogP contribution in [-0.4, -0.2) is 63.5 Å². The smallest absolute Gasteiger partial charge is 0.269 e. The Hall–Kier alpha value is -4.35. The number of nitrogens with zero attached hydrogens (tertiary/aromatic N) is 4. The average molecular weight is 470 g/mol. The van der Waals surface area contributed by atoms with E-state index in [-0.39, 0.29) is 17.8 Å². The minimum Gasteiger partial charge on any atom is -0.493 e. The number of fused-ring (bicyclic) bond motifs is 1. The zero-order chi connectivity index (χ0) is 24.9. The molecule has 180 valence electrons. The number of ether oxygens (including phenoxy) is 4. The number of rotatable bonds is 5. The van der Waals surface area contributed by atoms with Crippen LogP contribution in [0.5, 0.6) is 23.0 Å². The summed E-state index contributed by atoms with van der Waals surface area (Å²) in [7, 11) is 6.12. The van der Waals surface area contributed by atoms with Gasteiger partial charge in [0.25, 0.3) is 5.91 Å². The van der Waals surface area contributed by atoms with E-state index in [4.69, 9.17) is 18.9 Å². The summed E-state index contributed by atoms with van der Waals surface area (Å²) in [5.41, 5.74) is -0.405. The molecule has 0 unspecified atom stereocenters. The number of pyridine rings is 1. The number of carbonyl (C=O) groups is 1. The van der Waals surface area contributed by atoms with Crippen molar-refractivity contribution in [3.8, 4) is 23.0 Å². The molecule has 1 aromatic heterocycles. The van der Waals surface area contributed by atoms with Gasteiger partial charge in [-0.15, -0.1) is 0 Å². The molecule has 3 rings (SSSR count). The predicted octanol–water partition coefficient (Wildman–Crippen LogP) is 2.78. The van der Waals surface area contributed by atoms with Gasteiger partial charge in [-0.2, -0.15) is 4.99 Å². The van der Waals surface area contributed by atoms with Crippen molar-refractivity contribution in [2.24, 2.45) is 15.0 Å². The summed E-state index contributed by atoms with van der Waals surface area (Å²) >= 11 is 0. The van der Waals surface area contributed by atoms with E-state index in [1.165, 1.54) is 21.3 Å². The summed E-state index contributed by atoms with van der Waals surface area (Å²) in [6.07, 6.45) is 0. The maximum absolute atomic E-state index is 12.2. The summed E-state index contributed by atoms with van der Waals surface area (Å²) in [6, 6.07) is 6.78. The quantitative estimate of drug-likeness (QED) is 0.449. The second kappa shape index (κ2) is 10.1. The second-order valence-electron chi connectivity index (χ2n) is 7.41. The van der Waals surface area contributed by atoms with Gasteiger partial charge in [0.05, 0.1) is 21.3 Å². The van der Waals surface area contributed by atoms with Crippen molar-refractivity contribution in [3.63, 3.8) is 0 Å². The molecule has 2 heterocycles. The Kier molecular flexibility index (Phi) is 7.19. The number of guanidine groups is 2. The average Bonchev–Trinajstić information content (AvgIpc) is 2.82. The molecular formula is C22H27N7O5. The van der Waals surface area contributed by atoms with Crippen LogP contribution >= 0.6 is 0 Å². The first-order chi connectivity index (χ1) is 16.2. The van der Waals surface area contributed by atoms with Crippen molar-refractivity contribution in [1.29, 1.82) is 0 Å². The van der Waals surface area contributed by atoms with Gasteiger partial charge in [-0.25, -0.2) is 9.98 Å². The summed E-state index contributed by atoms with van der Waals surface area (Å²) in [4.78, 5) is 28.9. The highest BCUT2D eigenvalue weighted by molar-refractivity contribution is 6.07. The number of anilines is 3. The first kappa shape index (κ1) is 24.3. The number of hydrogen-bond acceptors (Lipinski definition) is 7. The molecule has 1 aromatic carbocycles. The summed E-state index contributed by atoms with van der Waals surface area (Å²) in [5, 5.41) is 8.74. The van der Waals surface area contributed by atoms with E-state index in [1.54, 1.807) is 45.2 Å². The van der Waals surface area contributed by atoms with E-state index in [0.29, 0.717) is 40.3 Å². The molecule has 1 amide bonds. The lowest BCUT2D eigenvalue weighted by atomic mass is 10.1. The Morgan fingerprint density at radius 3 is 2.32 bits per heavy atom. The third-order valence-corrected chi connectivity index (χ3v) is 4.74. The van der Waals surface area contributed by atoms with E-state index in [1.807, 2.05) is 0 Å². The number of methoxy groups -OCH3 is 3. The molecule has 0 radical (unpaired) electrons. The van der Waals surface area contributed by atoms with Gasteiger partial charge in [0.1, 0.15) is 5.82 Å². The molecule has 12 heteroatoms. The van der Waals surface area contributed by atoms with Crippen molar-refractivity contribution in [2.75, 3.05) is 44.3 Å². The number of benzene rings is 1. The molecule has 0 saturated heterocycles. The standard InChI is InChI=1S/C22H27N7O5/c1-22(2)19(30)28-18-13(34-22)8-9-16(26-18)27-21(24-4)29-20(23-3)25-12-10-14(31-5)17(33-7)15(11-12)32-6/h8-11H,3H2,1-2,4-7H3,(H3,24,25,26,27,28,29,30). The van der Waals surface area contributed by atoms with Gasteiger partial charge in [-0.05, 0) is 32.7 Å². The zero-order valence-electron chi connectivity index (χ0n) is 19.8. The molecule has 1 aliphatic rings. The molecule has 3 N–H and O–H groups in total. The monoisotopic (exact) mass is 469 g/mol. The fraction of sp³-hybridized carbons (Fsp3) is 0.318. The van der Waals surface area contributed by atoms with Crippen molar-refractivity contribution in [3.05, 3.63) is 24.3 Å². The van der Waals surface area contributed by atoms with Crippen molar-refractivity contribution in [1.82, 2.24) is 4.98 Å². The second-order valence-corrected chi connectivity index (χ2v) is 7.41. The minimum atomic E-state index is -0.979. The lowest BCUT2D eigenvalue weighted by Gasteiger charge is -2.30. The van der Waals surface area contributed by atoms with Gasteiger partial charge in [-0.1, -0.05) is 0 Å². The van der Waals surface area contributed by atoms with Gasteiger partial charge < -0.3 is 34.9 Å². The highest BCUT2D eigenvalue weighted by Crippen LogP contribution is 2.40. The van der Waals surface area contributed by atoms with Crippen LogP contribution in [0.1, 0.15) is 13.8 Å². The van der Waals surface area contributed by atoms with E-state index < -0.39 is 5.60 Å². The molecule has 12 nitrogen and oxygen atoms in total. The number of carbonyl (C=O) groups excluding carboxylic acids is 1. The zero-order valence-corrected chi connectivity index (χ0v) is 19.8. The van der Waals surface area contributed by atoms with E-state index in [9.17, 15) is 4.79 Å². The van der Waals surface area contributed by atoms with Crippen LogP contribution in [-0.2, 0) is 4.79 Å². The van der Waals surface area contributed by atoms with Crippen LogP contribution in [0.15, 0.2) is 39.2 Å². The fourth-order valence-corrected chi connectivity index (χ4v) is 3.00. The lowest BCUT2D eigenvalue weighted by Crippen LogP contribution is -2.46. The third-order valence-electron chi connectivity index (χ3n) is 4.74. The fourth-order valence-electron chi connectivity index (χ4n) is 3.00. The normalized spacial score (nSPS) is 14.8. The lowest BCUT2D eigenvalue weighted by molar-refractivity contribution is -0.129. The van der Waals surface area contributed by atoms with Crippen LogP contribution in [0, 0.1) is 0 Å². The van der Waals surface area contributed by atoms with Crippen LogP contribution in [0.2, 0.25) is 0 Å². The predicted molar refractivity (Wildman–Crippen MR) is 131 cm³/mol. The number of hydrogen-bond donors (Lipinski definition) is 3. The van der Waals surface area contributed by atoms with Crippen molar-refractivity contribution in [2.45, 2.75) is 19.4 Å². The van der Waals surface area contributed by atoms with Gasteiger partial charge >= 0.3 is 0 Å². The number of aromatic nitrogens is 1. The number of aliphatic imine (C=N–C) groups is 3. The summed E-state index contributed by atoms with van der Waals surface area (Å²) in [5.74, 6) is 2.58. The maximum Gasteiger partial charge on any atom is 0.269 e. The van der Waals surface area contributed by atoms with Crippen LogP contribution < -0.4 is 34.9 Å². The van der Waals surface area contributed by atoms with E-state index >= 15 is 0 Å². The molecular weight excluding hydrogens is 442 g/mol. The molecule has 0 aliphatic carbocycles. The first-order valence-electron chi connectivity index (χ1n) is 10.1. The van der Waals surface area contributed by atoms with Crippen LogP contribution in [0.25, 0.3) is 0 Å². The van der Waals surface area contributed by atoms with Gasteiger partial charge in [0, 0.05) is 24.9 Å². The Morgan fingerprint density at radius 2 is 1.76 bits per heavy atom. The maximum atomic E-state index is 12.2. The summed E-state index contributed by atoms with van der Waals surface area (Å²) in [6.45, 7) is 6.92.